The van der Waals surface area contributed by atoms with E-state index < -0.39 is 0 Å². The number of hydrogen-bond donors (Lipinski definition) is 0. The molecule has 1 atom stereocenters. The Morgan fingerprint density at radius 1 is 1.36 bits per heavy atom. The number of anilines is 1. The summed E-state index contributed by atoms with van der Waals surface area (Å²) in [7, 11) is 0. The molecule has 0 N–H and O–H groups in total. The molecule has 1 aliphatic rings. The zero-order chi connectivity index (χ0) is 19.7. The maximum Gasteiger partial charge on any atom is 0.348 e. The van der Waals surface area contributed by atoms with Gasteiger partial charge in [-0.2, -0.15) is 0 Å². The van der Waals surface area contributed by atoms with Crippen LogP contribution in [-0.2, 0) is 9.47 Å². The third-order valence-electron chi connectivity index (χ3n) is 4.78. The van der Waals surface area contributed by atoms with Crippen molar-refractivity contribution < 1.29 is 18.7 Å². The first-order valence-corrected chi connectivity index (χ1v) is 9.93. The predicted molar refractivity (Wildman–Crippen MR) is 105 cm³/mol. The summed E-state index contributed by atoms with van der Waals surface area (Å²) >= 11 is 1.32. The third-order valence-corrected chi connectivity index (χ3v) is 5.96. The molecule has 28 heavy (non-hydrogen) atoms. The Labute approximate surface area is 165 Å². The topological polar surface area (TPSA) is 64.5 Å². The Hall–Kier alpha value is -2.58. The third kappa shape index (κ3) is 3.45. The summed E-state index contributed by atoms with van der Waals surface area (Å²) in [5.74, 6) is 0.180. The molecule has 6 nitrogen and oxygen atoms in total. The average molecular weight is 401 g/mol. The number of fused-ring (bicyclic) bond motifs is 1. The highest BCUT2D eigenvalue weighted by Gasteiger charge is 2.27. The maximum absolute atomic E-state index is 13.2. The number of carbonyl (C=O) groups is 1. The van der Waals surface area contributed by atoms with Crippen LogP contribution in [0, 0.1) is 12.7 Å². The molecule has 1 fully saturated rings. The van der Waals surface area contributed by atoms with Crippen molar-refractivity contribution in [3.05, 3.63) is 52.4 Å². The summed E-state index contributed by atoms with van der Waals surface area (Å²) in [5, 5.41) is 0.871. The van der Waals surface area contributed by atoms with E-state index in [1.165, 1.54) is 29.8 Å². The number of thiophene rings is 1. The lowest BCUT2D eigenvalue weighted by Crippen LogP contribution is -2.39. The highest BCUT2D eigenvalue weighted by atomic mass is 32.1. The minimum Gasteiger partial charge on any atom is -0.462 e. The first kappa shape index (κ1) is 18.8. The number of rotatable bonds is 4. The Morgan fingerprint density at radius 3 is 2.89 bits per heavy atom. The molecule has 1 aromatic carbocycles. The van der Waals surface area contributed by atoms with E-state index in [1.54, 1.807) is 19.1 Å². The molecule has 0 radical (unpaired) electrons. The summed E-state index contributed by atoms with van der Waals surface area (Å²) in [6, 6.07) is 6.37. The van der Waals surface area contributed by atoms with Crippen molar-refractivity contribution in [2.45, 2.75) is 20.0 Å². The van der Waals surface area contributed by atoms with Crippen LogP contribution in [0.3, 0.4) is 0 Å². The molecule has 1 unspecified atom stereocenters. The number of benzene rings is 1. The Bertz CT molecular complexity index is 1010. The monoisotopic (exact) mass is 401 g/mol. The Kier molecular flexibility index (Phi) is 5.23. The molecule has 3 aromatic rings. The molecule has 1 aliphatic heterocycles. The fourth-order valence-corrected chi connectivity index (χ4v) is 4.44. The van der Waals surface area contributed by atoms with E-state index in [0.29, 0.717) is 31.2 Å². The van der Waals surface area contributed by atoms with Gasteiger partial charge in [-0.1, -0.05) is 12.1 Å². The summed E-state index contributed by atoms with van der Waals surface area (Å²) in [4.78, 5) is 24.6. The molecule has 0 spiro atoms. The van der Waals surface area contributed by atoms with E-state index in [1.807, 2.05) is 6.92 Å². The van der Waals surface area contributed by atoms with Crippen LogP contribution in [0.15, 0.2) is 30.6 Å². The van der Waals surface area contributed by atoms with Crippen LogP contribution in [0.5, 0.6) is 0 Å². The van der Waals surface area contributed by atoms with Gasteiger partial charge in [-0.25, -0.2) is 19.2 Å². The SMILES string of the molecule is CCOC(=O)c1sc2ncnc(N3CCOC(c4ccc(F)cc4)C3)c2c1C. The van der Waals surface area contributed by atoms with Gasteiger partial charge in [0.05, 0.1) is 18.6 Å². The lowest BCUT2D eigenvalue weighted by molar-refractivity contribution is 0.0396. The fraction of sp³-hybridized carbons (Fsp3) is 0.350. The quantitative estimate of drug-likeness (QED) is 0.618. The van der Waals surface area contributed by atoms with E-state index in [2.05, 4.69) is 14.9 Å². The summed E-state index contributed by atoms with van der Waals surface area (Å²) in [6.45, 7) is 5.80. The lowest BCUT2D eigenvalue weighted by atomic mass is 10.1. The van der Waals surface area contributed by atoms with Gasteiger partial charge in [0, 0.05) is 13.1 Å². The zero-order valence-corrected chi connectivity index (χ0v) is 16.5. The highest BCUT2D eigenvalue weighted by molar-refractivity contribution is 7.20. The number of ether oxygens (including phenoxy) is 2. The smallest absolute Gasteiger partial charge is 0.348 e. The van der Waals surface area contributed by atoms with Crippen LogP contribution in [0.1, 0.15) is 33.8 Å². The largest absolute Gasteiger partial charge is 0.462 e. The van der Waals surface area contributed by atoms with E-state index in [0.717, 1.165) is 27.2 Å². The molecular formula is C20H20FN3O3S. The van der Waals surface area contributed by atoms with Crippen LogP contribution >= 0.6 is 11.3 Å². The van der Waals surface area contributed by atoms with Crippen molar-refractivity contribution in [1.82, 2.24) is 9.97 Å². The molecule has 8 heteroatoms. The maximum atomic E-state index is 13.2. The summed E-state index contributed by atoms with van der Waals surface area (Å²) in [5.41, 5.74) is 1.75. The van der Waals surface area contributed by atoms with Gasteiger partial charge >= 0.3 is 5.97 Å². The Balaban J connectivity index is 1.68. The minimum absolute atomic E-state index is 0.178. The van der Waals surface area contributed by atoms with E-state index in [9.17, 15) is 9.18 Å². The lowest BCUT2D eigenvalue weighted by Gasteiger charge is -2.34. The summed E-state index contributed by atoms with van der Waals surface area (Å²) < 4.78 is 24.3. The number of aryl methyl sites for hydroxylation is 1. The van der Waals surface area contributed by atoms with E-state index in [4.69, 9.17) is 9.47 Å². The van der Waals surface area contributed by atoms with Gasteiger partial charge in [0.15, 0.2) is 0 Å². The second-order valence-corrected chi connectivity index (χ2v) is 7.51. The number of aromatic nitrogens is 2. The van der Waals surface area contributed by atoms with Crippen LogP contribution in [-0.4, -0.2) is 42.2 Å². The first-order valence-electron chi connectivity index (χ1n) is 9.11. The second kappa shape index (κ2) is 7.81. The molecular weight excluding hydrogens is 381 g/mol. The molecule has 3 heterocycles. The number of halogens is 1. The zero-order valence-electron chi connectivity index (χ0n) is 15.6. The molecule has 2 aromatic heterocycles. The van der Waals surface area contributed by atoms with Gasteiger partial charge in [-0.15, -0.1) is 11.3 Å². The highest BCUT2D eigenvalue weighted by Crippen LogP contribution is 2.36. The molecule has 146 valence electrons. The van der Waals surface area contributed by atoms with Crippen LogP contribution < -0.4 is 4.90 Å². The van der Waals surface area contributed by atoms with Gasteiger partial charge in [-0.05, 0) is 37.1 Å². The van der Waals surface area contributed by atoms with Crippen LogP contribution in [0.4, 0.5) is 10.2 Å². The number of nitrogens with zero attached hydrogens (tertiary/aromatic N) is 3. The van der Waals surface area contributed by atoms with Crippen molar-refractivity contribution in [2.75, 3.05) is 31.2 Å². The van der Waals surface area contributed by atoms with Crippen LogP contribution in [0.2, 0.25) is 0 Å². The Morgan fingerprint density at radius 2 is 2.14 bits per heavy atom. The van der Waals surface area contributed by atoms with Crippen molar-refractivity contribution in [1.29, 1.82) is 0 Å². The number of morpholine rings is 1. The van der Waals surface area contributed by atoms with Gasteiger partial charge in [-0.3, -0.25) is 0 Å². The predicted octanol–water partition coefficient (Wildman–Crippen LogP) is 3.89. The van der Waals surface area contributed by atoms with Crippen molar-refractivity contribution >= 4 is 33.3 Å². The second-order valence-electron chi connectivity index (χ2n) is 6.51. The van der Waals surface area contributed by atoms with E-state index in [-0.39, 0.29) is 17.9 Å². The van der Waals surface area contributed by atoms with Gasteiger partial charge < -0.3 is 14.4 Å². The molecule has 0 saturated carbocycles. The molecule has 0 aliphatic carbocycles. The number of hydrogen-bond acceptors (Lipinski definition) is 7. The standard InChI is InChI=1S/C20H20FN3O3S/c1-3-26-20(25)17-12(2)16-18(22-11-23-19(16)28-17)24-8-9-27-15(10-24)13-4-6-14(21)7-5-13/h4-7,11,15H,3,8-10H2,1-2H3. The van der Waals surface area contributed by atoms with Gasteiger partial charge in [0.1, 0.15) is 33.8 Å². The van der Waals surface area contributed by atoms with Gasteiger partial charge in [0.25, 0.3) is 0 Å². The molecule has 4 rings (SSSR count). The van der Waals surface area contributed by atoms with Crippen LogP contribution in [0.25, 0.3) is 10.2 Å². The fourth-order valence-electron chi connectivity index (χ4n) is 3.40. The molecule has 0 amide bonds. The molecule has 1 saturated heterocycles. The molecule has 0 bridgehead atoms. The minimum atomic E-state index is -0.333. The number of carbonyl (C=O) groups excluding carboxylic acids is 1. The van der Waals surface area contributed by atoms with Gasteiger partial charge in [0.2, 0.25) is 0 Å². The average Bonchev–Trinajstić information content (AvgIpc) is 3.06. The van der Waals surface area contributed by atoms with Crippen molar-refractivity contribution in [3.63, 3.8) is 0 Å². The normalized spacial score (nSPS) is 17.1. The van der Waals surface area contributed by atoms with E-state index >= 15 is 0 Å². The van der Waals surface area contributed by atoms with Crippen molar-refractivity contribution in [2.24, 2.45) is 0 Å². The number of esters is 1. The van der Waals surface area contributed by atoms with Crippen molar-refractivity contribution in [3.8, 4) is 0 Å². The summed E-state index contributed by atoms with van der Waals surface area (Å²) in [6.07, 6.45) is 1.34. The first-order chi connectivity index (χ1) is 13.6.